The molecule has 0 aliphatic rings. The van der Waals surface area contributed by atoms with Crippen molar-refractivity contribution in [3.8, 4) is 5.75 Å². The first-order valence-corrected chi connectivity index (χ1v) is 14.2. The number of hydrogen-bond acceptors (Lipinski definition) is 7. The zero-order valence-electron chi connectivity index (χ0n) is 21.3. The van der Waals surface area contributed by atoms with Crippen molar-refractivity contribution in [1.82, 2.24) is 14.3 Å². The minimum Gasteiger partial charge on any atom is -0.494 e. The van der Waals surface area contributed by atoms with Gasteiger partial charge in [0, 0.05) is 31.5 Å². The number of nitrogens with zero attached hydrogens (tertiary/aromatic N) is 4. The first-order valence-electron chi connectivity index (χ1n) is 12.0. The summed E-state index contributed by atoms with van der Waals surface area (Å²) in [5.41, 5.74) is 2.94. The van der Waals surface area contributed by atoms with Gasteiger partial charge in [0.2, 0.25) is 10.0 Å². The minimum atomic E-state index is -3.63. The van der Waals surface area contributed by atoms with Crippen molar-refractivity contribution in [1.29, 1.82) is 0 Å². The molecule has 0 aliphatic carbocycles. The van der Waals surface area contributed by atoms with Crippen LogP contribution in [-0.4, -0.2) is 49.3 Å². The van der Waals surface area contributed by atoms with Crippen molar-refractivity contribution in [2.75, 3.05) is 25.6 Å². The summed E-state index contributed by atoms with van der Waals surface area (Å²) >= 11 is 1.41. The Balaban J connectivity index is 1.71. The summed E-state index contributed by atoms with van der Waals surface area (Å²) in [7, 11) is -0.462. The van der Waals surface area contributed by atoms with E-state index in [-0.39, 0.29) is 17.3 Å². The maximum atomic E-state index is 13.8. The number of ether oxygens (including phenoxy) is 1. The van der Waals surface area contributed by atoms with Crippen LogP contribution in [0.1, 0.15) is 41.3 Å². The molecule has 0 aliphatic heterocycles. The van der Waals surface area contributed by atoms with Crippen molar-refractivity contribution < 1.29 is 17.9 Å². The number of sulfonamides is 1. The Morgan fingerprint density at radius 3 is 2.51 bits per heavy atom. The Morgan fingerprint density at radius 2 is 1.86 bits per heavy atom. The van der Waals surface area contributed by atoms with Crippen LogP contribution in [0, 0.1) is 6.92 Å². The summed E-state index contributed by atoms with van der Waals surface area (Å²) in [6.45, 7) is 4.71. The first-order chi connectivity index (χ1) is 17.8. The van der Waals surface area contributed by atoms with Crippen molar-refractivity contribution in [3.63, 3.8) is 0 Å². The number of hydrogen-bond donors (Lipinski definition) is 0. The molecule has 8 nitrogen and oxygen atoms in total. The Labute approximate surface area is 221 Å². The largest absolute Gasteiger partial charge is 0.494 e. The lowest BCUT2D eigenvalue weighted by Crippen LogP contribution is -2.31. The maximum Gasteiger partial charge on any atom is 0.260 e. The third kappa shape index (κ3) is 5.66. The molecule has 0 N–H and O–H groups in total. The molecule has 4 rings (SSSR count). The van der Waals surface area contributed by atoms with E-state index in [2.05, 4.69) is 4.98 Å². The predicted molar refractivity (Wildman–Crippen MR) is 147 cm³/mol. The first kappa shape index (κ1) is 26.7. The average molecular weight is 539 g/mol. The molecule has 37 heavy (non-hydrogen) atoms. The fourth-order valence-electron chi connectivity index (χ4n) is 3.89. The molecule has 2 heterocycles. The van der Waals surface area contributed by atoms with Gasteiger partial charge in [0.1, 0.15) is 11.3 Å². The van der Waals surface area contributed by atoms with Crippen LogP contribution in [0.15, 0.2) is 65.8 Å². The molecule has 0 saturated carbocycles. The number of unbranched alkanes of at least 4 members (excludes halogenated alkanes) is 1. The van der Waals surface area contributed by atoms with Crippen LogP contribution < -0.4 is 9.64 Å². The minimum absolute atomic E-state index is 0.154. The number of carbonyl (C=O) groups excluding carboxylic acids is 1. The second-order valence-corrected chi connectivity index (χ2v) is 11.7. The van der Waals surface area contributed by atoms with E-state index in [0.717, 1.165) is 28.7 Å². The highest BCUT2D eigenvalue weighted by Gasteiger charge is 2.25. The SMILES string of the molecule is CCCCN(C)S(=O)(=O)c1ccc(C(=O)N(Cc2cccnc2)c2nc3c(OC)ccc(C)c3s2)cc1. The second kappa shape index (κ2) is 11.4. The molecular weight excluding hydrogens is 508 g/mol. The Kier molecular flexibility index (Phi) is 8.21. The van der Waals surface area contributed by atoms with Gasteiger partial charge in [-0.1, -0.05) is 36.8 Å². The van der Waals surface area contributed by atoms with Gasteiger partial charge in [-0.05, 0) is 60.9 Å². The van der Waals surface area contributed by atoms with Gasteiger partial charge in [-0.25, -0.2) is 17.7 Å². The fourth-order valence-corrected chi connectivity index (χ4v) is 6.14. The Hall–Kier alpha value is -3.34. The van der Waals surface area contributed by atoms with Gasteiger partial charge >= 0.3 is 0 Å². The van der Waals surface area contributed by atoms with Gasteiger partial charge < -0.3 is 4.74 Å². The lowest BCUT2D eigenvalue weighted by atomic mass is 10.2. The van der Waals surface area contributed by atoms with Gasteiger partial charge in [0.15, 0.2) is 5.13 Å². The van der Waals surface area contributed by atoms with Crippen molar-refractivity contribution in [3.05, 3.63) is 77.6 Å². The molecule has 0 saturated heterocycles. The van der Waals surface area contributed by atoms with Crippen LogP contribution in [0.4, 0.5) is 5.13 Å². The number of amides is 1. The van der Waals surface area contributed by atoms with E-state index in [4.69, 9.17) is 9.72 Å². The highest BCUT2D eigenvalue weighted by Crippen LogP contribution is 2.37. The molecule has 1 amide bonds. The molecule has 0 atom stereocenters. The molecule has 2 aromatic heterocycles. The maximum absolute atomic E-state index is 13.8. The molecule has 0 unspecified atom stereocenters. The quantitative estimate of drug-likeness (QED) is 0.273. The Bertz CT molecular complexity index is 1490. The molecule has 0 radical (unpaired) electrons. The summed E-state index contributed by atoms with van der Waals surface area (Å²) < 4.78 is 33.6. The lowest BCUT2D eigenvalue weighted by molar-refractivity contribution is 0.0985. The van der Waals surface area contributed by atoms with Crippen LogP contribution in [0.5, 0.6) is 5.75 Å². The second-order valence-electron chi connectivity index (χ2n) is 8.72. The highest BCUT2D eigenvalue weighted by atomic mass is 32.2. The number of methoxy groups -OCH3 is 1. The molecule has 10 heteroatoms. The normalized spacial score (nSPS) is 11.7. The van der Waals surface area contributed by atoms with Crippen molar-refractivity contribution in [2.24, 2.45) is 0 Å². The van der Waals surface area contributed by atoms with E-state index >= 15 is 0 Å². The van der Waals surface area contributed by atoms with Gasteiger partial charge in [0.25, 0.3) is 5.91 Å². The lowest BCUT2D eigenvalue weighted by Gasteiger charge is -2.20. The molecule has 0 bridgehead atoms. The van der Waals surface area contributed by atoms with Crippen molar-refractivity contribution >= 4 is 42.6 Å². The number of thiazole rings is 1. The average Bonchev–Trinajstić information content (AvgIpc) is 3.37. The number of aromatic nitrogens is 2. The van der Waals surface area contributed by atoms with Crippen molar-refractivity contribution in [2.45, 2.75) is 38.1 Å². The summed E-state index contributed by atoms with van der Waals surface area (Å²) in [5.74, 6) is 0.349. The van der Waals surface area contributed by atoms with Gasteiger partial charge in [-0.2, -0.15) is 0 Å². The molecule has 194 valence electrons. The summed E-state index contributed by atoms with van der Waals surface area (Å²) in [6.07, 6.45) is 5.07. The third-order valence-electron chi connectivity index (χ3n) is 6.09. The van der Waals surface area contributed by atoms with Crippen LogP contribution in [0.2, 0.25) is 0 Å². The molecule has 4 aromatic rings. The topological polar surface area (TPSA) is 92.7 Å². The number of benzene rings is 2. The van der Waals surface area contributed by atoms with Gasteiger partial charge in [-0.3, -0.25) is 14.7 Å². The molecule has 0 spiro atoms. The molecule has 0 fully saturated rings. The number of aryl methyl sites for hydroxylation is 1. The van der Waals surface area contributed by atoms with E-state index in [9.17, 15) is 13.2 Å². The highest BCUT2D eigenvalue weighted by molar-refractivity contribution is 7.89. The van der Waals surface area contributed by atoms with E-state index in [1.165, 1.54) is 27.8 Å². The Morgan fingerprint density at radius 1 is 1.11 bits per heavy atom. The summed E-state index contributed by atoms with van der Waals surface area (Å²) in [5, 5.41) is 0.521. The summed E-state index contributed by atoms with van der Waals surface area (Å²) in [6, 6.07) is 13.6. The van der Waals surface area contributed by atoms with Crippen LogP contribution in [-0.2, 0) is 16.6 Å². The predicted octanol–water partition coefficient (Wildman–Crippen LogP) is 5.28. The van der Waals surface area contributed by atoms with Gasteiger partial charge in [0.05, 0.1) is 23.2 Å². The standard InChI is InChI=1S/C27H30N4O4S2/c1-5-6-16-30(3)37(33,34)22-12-10-21(11-13-22)26(32)31(18-20-8-7-15-28-17-20)27-29-24-23(35-4)14-9-19(2)25(24)36-27/h7-15,17H,5-6,16,18H2,1-4H3. The number of anilines is 1. The van der Waals surface area contributed by atoms with Crippen LogP contribution in [0.3, 0.4) is 0 Å². The zero-order valence-corrected chi connectivity index (χ0v) is 23.0. The van der Waals surface area contributed by atoms with Crippen LogP contribution >= 0.6 is 11.3 Å². The molecule has 2 aromatic carbocycles. The van der Waals surface area contributed by atoms with Crippen LogP contribution in [0.25, 0.3) is 10.2 Å². The monoisotopic (exact) mass is 538 g/mol. The molecular formula is C27H30N4O4S2. The number of pyridine rings is 1. The summed E-state index contributed by atoms with van der Waals surface area (Å²) in [4.78, 5) is 24.5. The number of fused-ring (bicyclic) bond motifs is 1. The van der Waals surface area contributed by atoms with Gasteiger partial charge in [-0.15, -0.1) is 0 Å². The van der Waals surface area contributed by atoms with E-state index in [1.807, 2.05) is 38.1 Å². The number of carbonyl (C=O) groups is 1. The van der Waals surface area contributed by atoms with E-state index < -0.39 is 10.0 Å². The van der Waals surface area contributed by atoms with E-state index in [1.54, 1.807) is 43.6 Å². The smallest absolute Gasteiger partial charge is 0.260 e. The van der Waals surface area contributed by atoms with E-state index in [0.29, 0.717) is 28.5 Å². The zero-order chi connectivity index (χ0) is 26.6. The third-order valence-corrected chi connectivity index (χ3v) is 9.17. The number of rotatable bonds is 10. The fraction of sp³-hybridized carbons (Fsp3) is 0.296.